The van der Waals surface area contributed by atoms with E-state index in [2.05, 4.69) is 55.4 Å². The zero-order valence-corrected chi connectivity index (χ0v) is 28.7. The fourth-order valence-corrected chi connectivity index (χ4v) is 12.3. The fourth-order valence-electron chi connectivity index (χ4n) is 12.3. The Bertz CT molecular complexity index is 1100. The minimum Gasteiger partial charge on any atom is -0.459 e. The molecule has 5 rings (SSSR count). The highest BCUT2D eigenvalue weighted by Crippen LogP contribution is 2.80. The van der Waals surface area contributed by atoms with Crippen LogP contribution in [-0.2, 0) is 14.3 Å². The maximum absolute atomic E-state index is 12.7. The summed E-state index contributed by atoms with van der Waals surface area (Å²) in [5.74, 6) is 1.01. The van der Waals surface area contributed by atoms with Crippen LogP contribution in [0, 0.1) is 50.2 Å². The average molecular weight is 587 g/mol. The van der Waals surface area contributed by atoms with Gasteiger partial charge in [-0.3, -0.25) is 0 Å². The molecule has 4 saturated carbocycles. The molecule has 11 atom stereocenters. The molecule has 1 heterocycles. The first-order valence-corrected chi connectivity index (χ1v) is 17.1. The quantitative estimate of drug-likeness (QED) is 0.251. The Labute approximate surface area is 256 Å². The molecule has 5 heteroatoms. The highest BCUT2D eigenvalue weighted by molar-refractivity contribution is 5.87. The van der Waals surface area contributed by atoms with E-state index >= 15 is 0 Å². The van der Waals surface area contributed by atoms with Crippen LogP contribution in [0.5, 0.6) is 0 Å². The summed E-state index contributed by atoms with van der Waals surface area (Å²) < 4.78 is 13.1. The van der Waals surface area contributed by atoms with Crippen LogP contribution in [-0.4, -0.2) is 40.3 Å². The second kappa shape index (κ2) is 10.0. The minimum atomic E-state index is -0.855. The topological polar surface area (TPSA) is 76.0 Å². The summed E-state index contributed by atoms with van der Waals surface area (Å²) in [6.07, 6.45) is 10.3. The third kappa shape index (κ3) is 4.28. The summed E-state index contributed by atoms with van der Waals surface area (Å²) in [4.78, 5) is 12.7. The lowest BCUT2D eigenvalue weighted by molar-refractivity contribution is -0.296. The molecular formula is C37H62O5. The van der Waals surface area contributed by atoms with Crippen LogP contribution in [0.25, 0.3) is 0 Å². The fraction of sp³-hybridized carbons (Fsp3) is 0.919. The summed E-state index contributed by atoms with van der Waals surface area (Å²) >= 11 is 0. The van der Waals surface area contributed by atoms with Crippen molar-refractivity contribution in [2.45, 2.75) is 164 Å². The molecule has 0 aromatic heterocycles. The van der Waals surface area contributed by atoms with Gasteiger partial charge in [0.05, 0.1) is 11.7 Å². The number of hydrogen-bond acceptors (Lipinski definition) is 5. The van der Waals surface area contributed by atoms with Gasteiger partial charge in [-0.25, -0.2) is 4.79 Å². The Morgan fingerprint density at radius 1 is 0.976 bits per heavy atom. The summed E-state index contributed by atoms with van der Waals surface area (Å²) in [6.45, 7) is 24.9. The van der Waals surface area contributed by atoms with Crippen LogP contribution in [0.3, 0.4) is 0 Å². The van der Waals surface area contributed by atoms with Crippen molar-refractivity contribution in [1.29, 1.82) is 0 Å². The molecule has 4 aliphatic carbocycles. The van der Waals surface area contributed by atoms with Crippen molar-refractivity contribution in [3.05, 3.63) is 11.6 Å². The van der Waals surface area contributed by atoms with Gasteiger partial charge in [-0.2, -0.15) is 0 Å². The standard InChI is InChI=1S/C37H62O5/c1-12-23(2)29(39)41-24(3)21-36-20-19-35(11)34(10)17-13-25-32(7,8)28(38)15-16-33(25,9)26(34)14-18-37(35,42-30(36)40)27(36)22-31(4,5)6/h12,24-28,30,38,40H,13-22H2,1-11H3/b23-12-/t24-,25?,26?,27?,28+,30?,33+,34-,35+,36?,37+/m1/s1. The Hall–Kier alpha value is -0.910. The normalized spacial score (nSPS) is 49.0. The number of fused-ring (bicyclic) bond motifs is 5. The van der Waals surface area contributed by atoms with Gasteiger partial charge in [0.1, 0.15) is 6.10 Å². The second-order valence-corrected chi connectivity index (χ2v) is 18.1. The average Bonchev–Trinajstić information content (AvgIpc) is 3.03. The van der Waals surface area contributed by atoms with Crippen LogP contribution in [0.2, 0.25) is 0 Å². The van der Waals surface area contributed by atoms with Crippen LogP contribution in [0.4, 0.5) is 0 Å². The first-order chi connectivity index (χ1) is 19.2. The zero-order valence-electron chi connectivity index (χ0n) is 28.7. The first-order valence-electron chi connectivity index (χ1n) is 17.1. The predicted octanol–water partition coefficient (Wildman–Crippen LogP) is 8.21. The molecule has 0 radical (unpaired) electrons. The number of ether oxygens (including phenoxy) is 2. The van der Waals surface area contributed by atoms with E-state index < -0.39 is 17.3 Å². The molecule has 0 aromatic rings. The van der Waals surface area contributed by atoms with Gasteiger partial charge >= 0.3 is 5.97 Å². The SMILES string of the molecule is C/C=C(/C)C(=O)O[C@H](C)CC12CC[C@]3(C)[C@@](CCC4[C@@]5(C)CC[C@H](O)C(C)(C)C5CC[C@]43C)(OC1O)C2CC(C)(C)C. The van der Waals surface area contributed by atoms with Crippen molar-refractivity contribution in [3.63, 3.8) is 0 Å². The van der Waals surface area contributed by atoms with E-state index in [-0.39, 0.29) is 51.2 Å². The Kier molecular flexibility index (Phi) is 7.77. The van der Waals surface area contributed by atoms with Gasteiger partial charge in [0, 0.05) is 16.4 Å². The second-order valence-electron chi connectivity index (χ2n) is 18.1. The highest BCUT2D eigenvalue weighted by Gasteiger charge is 2.79. The zero-order chi connectivity index (χ0) is 31.3. The van der Waals surface area contributed by atoms with E-state index in [0.717, 1.165) is 57.8 Å². The Morgan fingerprint density at radius 2 is 1.62 bits per heavy atom. The van der Waals surface area contributed by atoms with E-state index in [4.69, 9.17) is 9.47 Å². The van der Waals surface area contributed by atoms with Gasteiger partial charge in [-0.15, -0.1) is 0 Å². The largest absolute Gasteiger partial charge is 0.459 e. The number of carbonyl (C=O) groups excluding carboxylic acids is 1. The number of aliphatic hydroxyl groups excluding tert-OH is 2. The van der Waals surface area contributed by atoms with Gasteiger partial charge in [-0.05, 0) is 124 Å². The van der Waals surface area contributed by atoms with Crippen LogP contribution in [0.1, 0.15) is 140 Å². The molecule has 42 heavy (non-hydrogen) atoms. The monoisotopic (exact) mass is 586 g/mol. The molecule has 0 amide bonds. The van der Waals surface area contributed by atoms with E-state index in [1.807, 2.05) is 13.8 Å². The third-order valence-corrected chi connectivity index (χ3v) is 14.7. The highest BCUT2D eigenvalue weighted by atomic mass is 16.6. The Morgan fingerprint density at radius 3 is 2.24 bits per heavy atom. The maximum atomic E-state index is 12.7. The molecule has 5 aliphatic rings. The van der Waals surface area contributed by atoms with Crippen molar-refractivity contribution >= 4 is 5.97 Å². The lowest BCUT2D eigenvalue weighted by Crippen LogP contribution is -2.71. The number of rotatable bonds is 5. The smallest absolute Gasteiger partial charge is 0.333 e. The van der Waals surface area contributed by atoms with Crippen LogP contribution in [0.15, 0.2) is 11.6 Å². The minimum absolute atomic E-state index is 0.0696. The molecule has 2 bridgehead atoms. The van der Waals surface area contributed by atoms with Gasteiger partial charge in [0.25, 0.3) is 0 Å². The molecule has 1 spiro atoms. The van der Waals surface area contributed by atoms with E-state index in [9.17, 15) is 15.0 Å². The molecule has 5 fully saturated rings. The molecule has 5 unspecified atom stereocenters. The number of esters is 1. The molecule has 240 valence electrons. The van der Waals surface area contributed by atoms with Crippen molar-refractivity contribution in [3.8, 4) is 0 Å². The number of allylic oxidation sites excluding steroid dienone is 1. The van der Waals surface area contributed by atoms with Crippen molar-refractivity contribution in [1.82, 2.24) is 0 Å². The molecule has 5 nitrogen and oxygen atoms in total. The van der Waals surface area contributed by atoms with Crippen molar-refractivity contribution in [2.24, 2.45) is 50.2 Å². The van der Waals surface area contributed by atoms with Crippen molar-refractivity contribution < 1.29 is 24.5 Å². The van der Waals surface area contributed by atoms with E-state index in [1.165, 1.54) is 0 Å². The van der Waals surface area contributed by atoms with Gasteiger partial charge in [-0.1, -0.05) is 61.5 Å². The number of aliphatic hydroxyl groups is 2. The maximum Gasteiger partial charge on any atom is 0.333 e. The first kappa shape index (κ1) is 32.5. The number of hydrogen-bond donors (Lipinski definition) is 2. The Balaban J connectivity index is 1.55. The summed E-state index contributed by atoms with van der Waals surface area (Å²) in [6, 6.07) is 0. The predicted molar refractivity (Wildman–Crippen MR) is 167 cm³/mol. The van der Waals surface area contributed by atoms with Gasteiger partial charge in [0.2, 0.25) is 0 Å². The third-order valence-electron chi connectivity index (χ3n) is 14.7. The number of carbonyl (C=O) groups is 1. The summed E-state index contributed by atoms with van der Waals surface area (Å²) in [5.41, 5.74) is -0.0102. The summed E-state index contributed by atoms with van der Waals surface area (Å²) in [7, 11) is 0. The lowest BCUT2D eigenvalue weighted by atomic mass is 9.31. The molecule has 1 saturated heterocycles. The molecule has 1 aliphatic heterocycles. The lowest BCUT2D eigenvalue weighted by Gasteiger charge is -2.74. The van der Waals surface area contributed by atoms with Crippen LogP contribution >= 0.6 is 0 Å². The van der Waals surface area contributed by atoms with E-state index in [1.54, 1.807) is 13.0 Å². The molecule has 2 N–H and O–H groups in total. The summed E-state index contributed by atoms with van der Waals surface area (Å²) in [5, 5.41) is 23.1. The van der Waals surface area contributed by atoms with Crippen LogP contribution < -0.4 is 0 Å². The van der Waals surface area contributed by atoms with Gasteiger partial charge < -0.3 is 19.7 Å². The van der Waals surface area contributed by atoms with Crippen molar-refractivity contribution in [2.75, 3.05) is 0 Å². The molecular weight excluding hydrogens is 524 g/mol. The van der Waals surface area contributed by atoms with Gasteiger partial charge in [0.15, 0.2) is 6.29 Å². The molecule has 0 aromatic carbocycles. The van der Waals surface area contributed by atoms with E-state index in [0.29, 0.717) is 23.8 Å².